The van der Waals surface area contributed by atoms with E-state index in [0.29, 0.717) is 33.7 Å². The van der Waals surface area contributed by atoms with E-state index in [1.807, 2.05) is 0 Å². The molecule has 4 rings (SSSR count). The van der Waals surface area contributed by atoms with Crippen molar-refractivity contribution in [2.24, 2.45) is 7.05 Å². The number of rotatable bonds is 4. The molecule has 1 amide bonds. The molecule has 10 heteroatoms. The molecule has 3 aromatic heterocycles. The second kappa shape index (κ2) is 8.08. The van der Waals surface area contributed by atoms with Crippen LogP contribution in [0.2, 0.25) is 0 Å². The molecule has 164 valence electrons. The van der Waals surface area contributed by atoms with E-state index in [0.717, 1.165) is 11.1 Å². The van der Waals surface area contributed by atoms with E-state index in [1.54, 1.807) is 37.6 Å². The summed E-state index contributed by atoms with van der Waals surface area (Å²) < 4.78 is 42.1. The highest BCUT2D eigenvalue weighted by Gasteiger charge is 2.45. The number of amides is 1. The van der Waals surface area contributed by atoms with Gasteiger partial charge in [0, 0.05) is 48.1 Å². The smallest absolute Gasteiger partial charge is 0.317 e. The Balaban J connectivity index is 1.75. The van der Waals surface area contributed by atoms with Crippen molar-refractivity contribution in [2.75, 3.05) is 11.9 Å². The van der Waals surface area contributed by atoms with Crippen LogP contribution in [0, 0.1) is 0 Å². The zero-order valence-electron chi connectivity index (χ0n) is 17.0. The van der Waals surface area contributed by atoms with E-state index in [2.05, 4.69) is 10.3 Å². The number of nitrogens with zero attached hydrogens (tertiary/aromatic N) is 3. The first-order chi connectivity index (χ1) is 14.6. The maximum Gasteiger partial charge on any atom is 0.404 e. The number of thiophene rings is 1. The highest BCUT2D eigenvalue weighted by molar-refractivity contribution is 7.19. The summed E-state index contributed by atoms with van der Waals surface area (Å²) in [5.41, 5.74) is 1.31. The summed E-state index contributed by atoms with van der Waals surface area (Å²) in [4.78, 5) is 30.3. The summed E-state index contributed by atoms with van der Waals surface area (Å²) in [5.74, 6) is 0.132. The van der Waals surface area contributed by atoms with Crippen molar-refractivity contribution in [2.45, 2.75) is 38.5 Å². The molecule has 1 aliphatic rings. The number of alkyl halides is 3. The lowest BCUT2D eigenvalue weighted by molar-refractivity contribution is -0.177. The lowest BCUT2D eigenvalue weighted by atomic mass is 10.1. The molecule has 1 aliphatic heterocycles. The normalized spacial score (nSPS) is 17.4. The van der Waals surface area contributed by atoms with Gasteiger partial charge in [0.2, 0.25) is 5.91 Å². The van der Waals surface area contributed by atoms with E-state index < -0.39 is 12.2 Å². The molecular weight excluding hydrogens is 429 g/mol. The number of hydrogen-bond donors (Lipinski definition) is 1. The van der Waals surface area contributed by atoms with Crippen LogP contribution in [0.5, 0.6) is 0 Å². The average molecular weight is 450 g/mol. The van der Waals surface area contributed by atoms with Gasteiger partial charge in [-0.1, -0.05) is 0 Å². The van der Waals surface area contributed by atoms with Gasteiger partial charge in [-0.25, -0.2) is 4.98 Å². The van der Waals surface area contributed by atoms with E-state index in [-0.39, 0.29) is 24.4 Å². The quantitative estimate of drug-likeness (QED) is 0.649. The van der Waals surface area contributed by atoms with Crippen molar-refractivity contribution in [1.29, 1.82) is 0 Å². The minimum Gasteiger partial charge on any atom is -0.317 e. The average Bonchev–Trinajstić information content (AvgIpc) is 3.32. The Kier molecular flexibility index (Phi) is 5.61. The minimum atomic E-state index is -4.26. The zero-order valence-corrected chi connectivity index (χ0v) is 17.8. The summed E-state index contributed by atoms with van der Waals surface area (Å²) in [5, 5.41) is 3.11. The Labute approximate surface area is 180 Å². The molecular formula is C21H21F3N4O2S. The van der Waals surface area contributed by atoms with Crippen LogP contribution in [0.15, 0.2) is 35.4 Å². The first-order valence-electron chi connectivity index (χ1n) is 9.80. The molecule has 31 heavy (non-hydrogen) atoms. The Morgan fingerprint density at radius 3 is 2.84 bits per heavy atom. The lowest BCUT2D eigenvalue weighted by Gasteiger charge is -2.25. The second-order valence-corrected chi connectivity index (χ2v) is 8.83. The molecule has 0 radical (unpaired) electrons. The van der Waals surface area contributed by atoms with Gasteiger partial charge in [-0.15, -0.1) is 11.3 Å². The number of fused-ring (bicyclic) bond motifs is 1. The summed E-state index contributed by atoms with van der Waals surface area (Å²) in [6.07, 6.45) is -0.391. The first-order valence-corrected chi connectivity index (χ1v) is 10.6. The lowest BCUT2D eigenvalue weighted by Crippen LogP contribution is -2.40. The molecule has 0 spiro atoms. The molecule has 4 heterocycles. The van der Waals surface area contributed by atoms with E-state index in [1.165, 1.54) is 27.7 Å². The van der Waals surface area contributed by atoms with Gasteiger partial charge in [-0.05, 0) is 43.1 Å². The van der Waals surface area contributed by atoms with Crippen LogP contribution in [0.3, 0.4) is 0 Å². The molecule has 1 saturated heterocycles. The summed E-state index contributed by atoms with van der Waals surface area (Å²) in [6.45, 7) is 1.92. The highest BCUT2D eigenvalue weighted by Crippen LogP contribution is 2.37. The van der Waals surface area contributed by atoms with Crippen LogP contribution < -0.4 is 10.9 Å². The molecule has 0 aromatic carbocycles. The molecule has 1 unspecified atom stereocenters. The zero-order chi connectivity index (χ0) is 22.3. The summed E-state index contributed by atoms with van der Waals surface area (Å²) in [7, 11) is 1.64. The van der Waals surface area contributed by atoms with Crippen LogP contribution in [0.4, 0.5) is 19.0 Å². The molecule has 6 nitrogen and oxygen atoms in total. The van der Waals surface area contributed by atoms with Gasteiger partial charge in [0.1, 0.15) is 11.9 Å². The molecule has 0 aliphatic carbocycles. The van der Waals surface area contributed by atoms with Gasteiger partial charge in [0.25, 0.3) is 5.56 Å². The van der Waals surface area contributed by atoms with Crippen molar-refractivity contribution < 1.29 is 18.0 Å². The van der Waals surface area contributed by atoms with Gasteiger partial charge in [-0.3, -0.25) is 14.5 Å². The summed E-state index contributed by atoms with van der Waals surface area (Å²) in [6, 6.07) is 3.73. The second-order valence-electron chi connectivity index (χ2n) is 7.70. The standard InChI is InChI=1S/C21H21F3N4O2S/c1-12(29)26-18-8-13(5-6-25-18)16-11-27(2)20(30)15-9-14(31-19(15)16)10-28-7-3-4-17(28)21(22,23)24/h5-6,8-9,11,17H,3-4,7,10H2,1-2H3,(H,25,26,29). The fraction of sp³-hybridized carbons (Fsp3) is 0.381. The van der Waals surface area contributed by atoms with Crippen LogP contribution >= 0.6 is 11.3 Å². The molecule has 0 bridgehead atoms. The van der Waals surface area contributed by atoms with Crippen molar-refractivity contribution >= 4 is 33.1 Å². The topological polar surface area (TPSA) is 67.2 Å². The molecule has 1 N–H and O–H groups in total. The van der Waals surface area contributed by atoms with Crippen molar-refractivity contribution in [3.8, 4) is 11.1 Å². The Bertz CT molecular complexity index is 1200. The van der Waals surface area contributed by atoms with Gasteiger partial charge in [0.05, 0.1) is 5.39 Å². The van der Waals surface area contributed by atoms with Crippen molar-refractivity contribution in [1.82, 2.24) is 14.5 Å². The third kappa shape index (κ3) is 4.35. The number of pyridine rings is 2. The SMILES string of the molecule is CC(=O)Nc1cc(-c2cn(C)c(=O)c3cc(CN4CCCC4C(F)(F)F)sc23)ccn1. The van der Waals surface area contributed by atoms with Crippen LogP contribution in [-0.4, -0.2) is 39.1 Å². The predicted octanol–water partition coefficient (Wildman–Crippen LogP) is 4.15. The largest absolute Gasteiger partial charge is 0.404 e. The maximum atomic E-state index is 13.3. The number of halogens is 3. The number of carbonyl (C=O) groups is 1. The van der Waals surface area contributed by atoms with Crippen LogP contribution in [-0.2, 0) is 18.4 Å². The number of aryl methyl sites for hydroxylation is 1. The fourth-order valence-corrected chi connectivity index (χ4v) is 5.22. The molecule has 0 saturated carbocycles. The number of anilines is 1. The number of carbonyl (C=O) groups excluding carboxylic acids is 1. The monoisotopic (exact) mass is 450 g/mol. The van der Waals surface area contributed by atoms with E-state index >= 15 is 0 Å². The molecule has 1 fully saturated rings. The molecule has 1 atom stereocenters. The molecule has 3 aromatic rings. The maximum absolute atomic E-state index is 13.3. The number of aromatic nitrogens is 2. The van der Waals surface area contributed by atoms with Crippen LogP contribution in [0.25, 0.3) is 21.2 Å². The van der Waals surface area contributed by atoms with Gasteiger partial charge >= 0.3 is 6.18 Å². The van der Waals surface area contributed by atoms with Gasteiger partial charge < -0.3 is 9.88 Å². The van der Waals surface area contributed by atoms with Gasteiger partial charge in [-0.2, -0.15) is 13.2 Å². The third-order valence-corrected chi connectivity index (χ3v) is 6.53. The van der Waals surface area contributed by atoms with Crippen molar-refractivity contribution in [3.63, 3.8) is 0 Å². The van der Waals surface area contributed by atoms with E-state index in [4.69, 9.17) is 0 Å². The highest BCUT2D eigenvalue weighted by atomic mass is 32.1. The van der Waals surface area contributed by atoms with E-state index in [9.17, 15) is 22.8 Å². The summed E-state index contributed by atoms with van der Waals surface area (Å²) >= 11 is 1.33. The number of hydrogen-bond acceptors (Lipinski definition) is 5. The van der Waals surface area contributed by atoms with Crippen molar-refractivity contribution in [3.05, 3.63) is 45.8 Å². The Morgan fingerprint density at radius 2 is 2.13 bits per heavy atom. The number of likely N-dealkylation sites (tertiary alicyclic amines) is 1. The number of nitrogens with one attached hydrogen (secondary N) is 1. The van der Waals surface area contributed by atoms with Gasteiger partial charge in [0.15, 0.2) is 0 Å². The first kappa shape index (κ1) is 21.5. The van der Waals surface area contributed by atoms with Crippen LogP contribution in [0.1, 0.15) is 24.6 Å². The Morgan fingerprint density at radius 1 is 1.35 bits per heavy atom. The Hall–Kier alpha value is -2.72. The minimum absolute atomic E-state index is 0.102. The predicted molar refractivity (Wildman–Crippen MR) is 114 cm³/mol. The fourth-order valence-electron chi connectivity index (χ4n) is 4.02. The third-order valence-electron chi connectivity index (χ3n) is 5.38.